The summed E-state index contributed by atoms with van der Waals surface area (Å²) in [5.41, 5.74) is 3.07. The van der Waals surface area contributed by atoms with Gasteiger partial charge in [-0.05, 0) is 56.2 Å². The second kappa shape index (κ2) is 13.3. The molecule has 224 valence electrons. The number of esters is 1. The molecule has 6 nitrogen and oxygen atoms in total. The van der Waals surface area contributed by atoms with Gasteiger partial charge < -0.3 is 9.15 Å². The standard InChI is InChI=1S/C28H29F6NO5S/c1-5-19-8-10-21(22(6-2)35-19)24-15-18-7-9-20(16-23(18)38-24)41-14-12-27(31,32)40-28(33,34)39-26(29,30)11-13-37-25(36)17(3)4/h7-10,15-16H,3,5-6,11-14H2,1-2,4H3. The number of thioether (sulfide) groups is 1. The Morgan fingerprint density at radius 2 is 1.66 bits per heavy atom. The van der Waals surface area contributed by atoms with E-state index in [1.54, 1.807) is 18.2 Å². The van der Waals surface area contributed by atoms with E-state index in [0.717, 1.165) is 40.5 Å². The van der Waals surface area contributed by atoms with E-state index in [4.69, 9.17) is 4.42 Å². The molecule has 0 aliphatic carbocycles. The van der Waals surface area contributed by atoms with Crippen molar-refractivity contribution in [2.75, 3.05) is 12.4 Å². The Balaban J connectivity index is 1.57. The van der Waals surface area contributed by atoms with Crippen LogP contribution in [0.4, 0.5) is 26.3 Å². The first kappa shape index (κ1) is 32.5. The van der Waals surface area contributed by atoms with Gasteiger partial charge in [0.05, 0.1) is 18.7 Å². The highest BCUT2D eigenvalue weighted by atomic mass is 32.2. The topological polar surface area (TPSA) is 70.8 Å². The van der Waals surface area contributed by atoms with Gasteiger partial charge in [0.2, 0.25) is 0 Å². The first-order chi connectivity index (χ1) is 19.1. The number of furan rings is 1. The third kappa shape index (κ3) is 9.50. The summed E-state index contributed by atoms with van der Waals surface area (Å²) in [5.74, 6) is -0.816. The van der Waals surface area contributed by atoms with Crippen LogP contribution >= 0.6 is 11.8 Å². The lowest BCUT2D eigenvalue weighted by molar-refractivity contribution is -0.514. The molecule has 0 saturated heterocycles. The van der Waals surface area contributed by atoms with Crippen molar-refractivity contribution in [3.8, 4) is 11.3 Å². The fourth-order valence-corrected chi connectivity index (χ4v) is 4.55. The number of carbonyl (C=O) groups is 1. The first-order valence-electron chi connectivity index (χ1n) is 12.7. The smallest absolute Gasteiger partial charge is 0.462 e. The summed E-state index contributed by atoms with van der Waals surface area (Å²) in [6, 6.07) is 10.7. The highest BCUT2D eigenvalue weighted by molar-refractivity contribution is 7.99. The van der Waals surface area contributed by atoms with Crippen molar-refractivity contribution < 1.29 is 49.8 Å². The molecule has 2 heterocycles. The zero-order chi connectivity index (χ0) is 30.4. The molecule has 0 amide bonds. The molecule has 0 spiro atoms. The van der Waals surface area contributed by atoms with Gasteiger partial charge in [0.15, 0.2) is 0 Å². The summed E-state index contributed by atoms with van der Waals surface area (Å²) >= 11 is 0.913. The van der Waals surface area contributed by atoms with Gasteiger partial charge in [-0.15, -0.1) is 20.5 Å². The Morgan fingerprint density at radius 1 is 0.976 bits per heavy atom. The Kier molecular flexibility index (Phi) is 10.5. The minimum Gasteiger partial charge on any atom is -0.462 e. The van der Waals surface area contributed by atoms with Crippen LogP contribution in [0.3, 0.4) is 0 Å². The predicted molar refractivity (Wildman–Crippen MR) is 141 cm³/mol. The molecule has 0 aliphatic rings. The van der Waals surface area contributed by atoms with Gasteiger partial charge in [-0.1, -0.05) is 20.4 Å². The maximum atomic E-state index is 14.1. The van der Waals surface area contributed by atoms with Crippen LogP contribution in [0.2, 0.25) is 0 Å². The van der Waals surface area contributed by atoms with E-state index in [2.05, 4.69) is 25.8 Å². The number of hydrogen-bond acceptors (Lipinski definition) is 7. The minimum atomic E-state index is -5.32. The molecule has 0 atom stereocenters. The predicted octanol–water partition coefficient (Wildman–Crippen LogP) is 8.38. The minimum absolute atomic E-state index is 0.102. The van der Waals surface area contributed by atoms with Crippen molar-refractivity contribution >= 4 is 28.7 Å². The third-order valence-corrected chi connectivity index (χ3v) is 6.65. The zero-order valence-corrected chi connectivity index (χ0v) is 23.4. The zero-order valence-electron chi connectivity index (χ0n) is 22.6. The maximum Gasteiger partial charge on any atom is 0.494 e. The lowest BCUT2D eigenvalue weighted by Crippen LogP contribution is -2.41. The molecule has 13 heteroatoms. The lowest BCUT2D eigenvalue weighted by atomic mass is 10.1. The largest absolute Gasteiger partial charge is 0.494 e. The normalized spacial score (nSPS) is 12.6. The first-order valence-corrected chi connectivity index (χ1v) is 13.6. The number of aryl methyl sites for hydroxylation is 2. The number of pyridine rings is 1. The molecule has 0 fully saturated rings. The monoisotopic (exact) mass is 605 g/mol. The van der Waals surface area contributed by atoms with Crippen molar-refractivity contribution in [2.45, 2.75) is 69.9 Å². The van der Waals surface area contributed by atoms with Crippen LogP contribution < -0.4 is 0 Å². The molecular formula is C28H29F6NO5S. The lowest BCUT2D eigenvalue weighted by Gasteiger charge is -2.26. The van der Waals surface area contributed by atoms with Crippen LogP contribution in [-0.2, 0) is 31.8 Å². The summed E-state index contributed by atoms with van der Waals surface area (Å²) in [6.07, 6.45) is -15.7. The number of hydrogen-bond donors (Lipinski definition) is 0. The molecule has 2 aromatic heterocycles. The van der Waals surface area contributed by atoms with Crippen LogP contribution in [0, 0.1) is 0 Å². The fourth-order valence-electron chi connectivity index (χ4n) is 3.62. The Bertz CT molecular complexity index is 1380. The van der Waals surface area contributed by atoms with E-state index in [0.29, 0.717) is 22.7 Å². The van der Waals surface area contributed by atoms with E-state index in [1.807, 2.05) is 32.0 Å². The molecule has 0 bridgehead atoms. The number of fused-ring (bicyclic) bond motifs is 1. The van der Waals surface area contributed by atoms with Crippen LogP contribution in [-0.4, -0.2) is 41.8 Å². The van der Waals surface area contributed by atoms with E-state index in [9.17, 15) is 31.1 Å². The molecule has 1 aromatic carbocycles. The highest BCUT2D eigenvalue weighted by Gasteiger charge is 2.51. The third-order valence-electron chi connectivity index (χ3n) is 5.66. The number of nitrogens with zero attached hydrogens (tertiary/aromatic N) is 1. The second-order valence-corrected chi connectivity index (χ2v) is 10.2. The van der Waals surface area contributed by atoms with Gasteiger partial charge in [-0.3, -0.25) is 4.98 Å². The summed E-state index contributed by atoms with van der Waals surface area (Å²) in [6.45, 7) is 7.46. The number of ether oxygens (including phenoxy) is 3. The molecule has 3 aromatic rings. The highest BCUT2D eigenvalue weighted by Crippen LogP contribution is 2.38. The van der Waals surface area contributed by atoms with Crippen LogP contribution in [0.5, 0.6) is 0 Å². The number of halogens is 6. The number of alkyl halides is 6. The van der Waals surface area contributed by atoms with Crippen LogP contribution in [0.15, 0.2) is 57.9 Å². The molecule has 0 radical (unpaired) electrons. The average molecular weight is 606 g/mol. The van der Waals surface area contributed by atoms with Gasteiger partial charge in [-0.25, -0.2) is 14.3 Å². The molecule has 3 rings (SSSR count). The quantitative estimate of drug-likeness (QED) is 0.0567. The summed E-state index contributed by atoms with van der Waals surface area (Å²) in [7, 11) is 0. The molecule has 0 unspecified atom stereocenters. The number of benzene rings is 1. The van der Waals surface area contributed by atoms with E-state index in [1.165, 1.54) is 6.92 Å². The number of rotatable bonds is 15. The van der Waals surface area contributed by atoms with E-state index in [-0.39, 0.29) is 5.57 Å². The van der Waals surface area contributed by atoms with Gasteiger partial charge in [0.25, 0.3) is 0 Å². The van der Waals surface area contributed by atoms with Crippen LogP contribution in [0.25, 0.3) is 22.3 Å². The molecule has 0 aliphatic heterocycles. The van der Waals surface area contributed by atoms with Crippen LogP contribution in [0.1, 0.15) is 45.0 Å². The fraction of sp³-hybridized carbons (Fsp3) is 0.429. The Hall–Kier alpha value is -3.03. The van der Waals surface area contributed by atoms with Crippen molar-refractivity contribution in [1.82, 2.24) is 4.98 Å². The molecular weight excluding hydrogens is 576 g/mol. The van der Waals surface area contributed by atoms with Crippen molar-refractivity contribution in [3.05, 3.63) is 59.9 Å². The van der Waals surface area contributed by atoms with Gasteiger partial charge in [0, 0.05) is 39.3 Å². The van der Waals surface area contributed by atoms with Gasteiger partial charge in [-0.2, -0.15) is 17.6 Å². The summed E-state index contributed by atoms with van der Waals surface area (Å²) in [5, 5.41) is 0.770. The van der Waals surface area contributed by atoms with Gasteiger partial charge >= 0.3 is 24.5 Å². The Labute approximate surface area is 237 Å². The Morgan fingerprint density at radius 3 is 2.29 bits per heavy atom. The second-order valence-electron chi connectivity index (χ2n) is 9.02. The number of carbonyl (C=O) groups excluding carboxylic acids is 1. The summed E-state index contributed by atoms with van der Waals surface area (Å²) in [4.78, 5) is 16.3. The summed E-state index contributed by atoms with van der Waals surface area (Å²) < 4.78 is 99.8. The molecule has 41 heavy (non-hydrogen) atoms. The van der Waals surface area contributed by atoms with Crippen molar-refractivity contribution in [2.24, 2.45) is 0 Å². The molecule has 0 N–H and O–H groups in total. The van der Waals surface area contributed by atoms with E-state index >= 15 is 0 Å². The van der Waals surface area contributed by atoms with Gasteiger partial charge in [0.1, 0.15) is 11.3 Å². The maximum absolute atomic E-state index is 14.1. The average Bonchev–Trinajstić information content (AvgIpc) is 3.29. The SMILES string of the molecule is C=C(C)C(=O)OCCC(F)(F)OC(F)(F)OC(F)(F)CCSc1ccc2cc(-c3ccc(CC)nc3CC)oc2c1. The van der Waals surface area contributed by atoms with Crippen molar-refractivity contribution in [1.29, 1.82) is 0 Å². The molecule has 0 saturated carbocycles. The number of aromatic nitrogens is 1. The van der Waals surface area contributed by atoms with Crippen molar-refractivity contribution in [3.63, 3.8) is 0 Å². The van der Waals surface area contributed by atoms with E-state index < -0.39 is 49.7 Å².